The minimum Gasteiger partial charge on any atom is -0.493 e. The topological polar surface area (TPSA) is 90.8 Å². The van der Waals surface area contributed by atoms with Crippen LogP contribution in [0.2, 0.25) is 0 Å². The SMILES string of the molecule is CCCc1cc([C@@H]2CCCN2C(=O)c2cc(-c3ccc(OC)c(OC)c3)on2)no1. The Balaban J connectivity index is 1.54. The number of methoxy groups -OCH3 is 2. The highest BCUT2D eigenvalue weighted by atomic mass is 16.5. The van der Waals surface area contributed by atoms with Gasteiger partial charge in [0.2, 0.25) is 0 Å². The van der Waals surface area contributed by atoms with Crippen molar-refractivity contribution in [3.63, 3.8) is 0 Å². The van der Waals surface area contributed by atoms with Gasteiger partial charge in [0.1, 0.15) is 11.5 Å². The third kappa shape index (κ3) is 3.77. The fourth-order valence-corrected chi connectivity index (χ4v) is 3.82. The van der Waals surface area contributed by atoms with Crippen LogP contribution in [0.5, 0.6) is 11.5 Å². The molecule has 30 heavy (non-hydrogen) atoms. The summed E-state index contributed by atoms with van der Waals surface area (Å²) in [5, 5.41) is 8.21. The fourth-order valence-electron chi connectivity index (χ4n) is 3.82. The van der Waals surface area contributed by atoms with Gasteiger partial charge in [-0.3, -0.25) is 4.79 Å². The molecule has 0 spiro atoms. The largest absolute Gasteiger partial charge is 0.493 e. The van der Waals surface area contributed by atoms with E-state index in [1.807, 2.05) is 12.1 Å². The summed E-state index contributed by atoms with van der Waals surface area (Å²) in [6.45, 7) is 2.74. The Morgan fingerprint density at radius 3 is 2.73 bits per heavy atom. The first-order valence-corrected chi connectivity index (χ1v) is 10.1. The van der Waals surface area contributed by atoms with Crippen LogP contribution in [0.4, 0.5) is 0 Å². The standard InChI is InChI=1S/C22H25N3O5/c1-4-6-15-12-16(23-29-15)18-7-5-10-25(18)22(26)17-13-20(30-24-17)14-8-9-19(27-2)21(11-14)28-3/h8-9,11-13,18H,4-7,10H2,1-3H3/t18-/m0/s1. The van der Waals surface area contributed by atoms with Crippen molar-refractivity contribution in [2.45, 2.75) is 38.6 Å². The number of carbonyl (C=O) groups is 1. The molecule has 1 aromatic carbocycles. The lowest BCUT2D eigenvalue weighted by atomic mass is 10.1. The van der Waals surface area contributed by atoms with Gasteiger partial charge in [-0.2, -0.15) is 0 Å². The van der Waals surface area contributed by atoms with Gasteiger partial charge in [0, 0.05) is 30.7 Å². The summed E-state index contributed by atoms with van der Waals surface area (Å²) in [6.07, 6.45) is 3.59. The summed E-state index contributed by atoms with van der Waals surface area (Å²) < 4.78 is 21.5. The number of aryl methyl sites for hydroxylation is 1. The van der Waals surface area contributed by atoms with E-state index in [1.54, 1.807) is 37.3 Å². The van der Waals surface area contributed by atoms with Crippen molar-refractivity contribution in [1.82, 2.24) is 15.2 Å². The van der Waals surface area contributed by atoms with Crippen molar-refractivity contribution in [2.24, 2.45) is 0 Å². The molecule has 8 nitrogen and oxygen atoms in total. The zero-order valence-electron chi connectivity index (χ0n) is 17.4. The van der Waals surface area contributed by atoms with E-state index in [0.29, 0.717) is 23.8 Å². The number of likely N-dealkylation sites (tertiary alicyclic amines) is 1. The molecule has 1 fully saturated rings. The molecule has 4 rings (SSSR count). The minimum absolute atomic E-state index is 0.104. The summed E-state index contributed by atoms with van der Waals surface area (Å²) in [5.41, 5.74) is 1.81. The fraction of sp³-hybridized carbons (Fsp3) is 0.409. The number of nitrogens with zero attached hydrogens (tertiary/aromatic N) is 3. The molecule has 2 aromatic heterocycles. The molecule has 0 bridgehead atoms. The maximum Gasteiger partial charge on any atom is 0.276 e. The molecule has 1 amide bonds. The van der Waals surface area contributed by atoms with Crippen LogP contribution in [0.15, 0.2) is 39.4 Å². The number of amides is 1. The van der Waals surface area contributed by atoms with E-state index < -0.39 is 0 Å². The van der Waals surface area contributed by atoms with Crippen molar-refractivity contribution in [3.8, 4) is 22.8 Å². The number of benzene rings is 1. The van der Waals surface area contributed by atoms with Crippen molar-refractivity contribution in [3.05, 3.63) is 47.5 Å². The van der Waals surface area contributed by atoms with Crippen LogP contribution in [-0.4, -0.2) is 41.9 Å². The zero-order valence-corrected chi connectivity index (χ0v) is 17.4. The average Bonchev–Trinajstić information content (AvgIpc) is 3.53. The normalized spacial score (nSPS) is 16.1. The predicted octanol–water partition coefficient (Wildman–Crippen LogP) is 4.28. The Kier molecular flexibility index (Phi) is 5.74. The molecule has 0 unspecified atom stereocenters. The minimum atomic E-state index is -0.173. The molecule has 0 radical (unpaired) electrons. The van der Waals surface area contributed by atoms with Gasteiger partial charge in [-0.25, -0.2) is 0 Å². The summed E-state index contributed by atoms with van der Waals surface area (Å²) in [4.78, 5) is 14.9. The van der Waals surface area contributed by atoms with E-state index in [1.165, 1.54) is 0 Å². The molecular weight excluding hydrogens is 386 g/mol. The third-order valence-electron chi connectivity index (χ3n) is 5.33. The number of hydrogen-bond donors (Lipinski definition) is 0. The van der Waals surface area contributed by atoms with Crippen LogP contribution in [0.25, 0.3) is 11.3 Å². The quantitative estimate of drug-likeness (QED) is 0.573. The van der Waals surface area contributed by atoms with Gasteiger partial charge in [0.25, 0.3) is 5.91 Å². The van der Waals surface area contributed by atoms with Crippen molar-refractivity contribution < 1.29 is 23.3 Å². The Morgan fingerprint density at radius 2 is 1.97 bits per heavy atom. The molecule has 158 valence electrons. The zero-order chi connectivity index (χ0) is 21.1. The van der Waals surface area contributed by atoms with Gasteiger partial charge in [-0.15, -0.1) is 0 Å². The first-order chi connectivity index (χ1) is 14.6. The van der Waals surface area contributed by atoms with E-state index in [2.05, 4.69) is 17.2 Å². The average molecular weight is 411 g/mol. The Morgan fingerprint density at radius 1 is 1.13 bits per heavy atom. The second kappa shape index (κ2) is 8.61. The van der Waals surface area contributed by atoms with Crippen LogP contribution in [0.1, 0.15) is 54.2 Å². The molecule has 0 N–H and O–H groups in total. The maximum absolute atomic E-state index is 13.1. The van der Waals surface area contributed by atoms with Gasteiger partial charge in [-0.05, 0) is 37.5 Å². The summed E-state index contributed by atoms with van der Waals surface area (Å²) >= 11 is 0. The van der Waals surface area contributed by atoms with Gasteiger partial charge < -0.3 is 23.4 Å². The molecule has 1 saturated heterocycles. The number of ether oxygens (including phenoxy) is 2. The van der Waals surface area contributed by atoms with E-state index >= 15 is 0 Å². The van der Waals surface area contributed by atoms with E-state index in [4.69, 9.17) is 18.5 Å². The van der Waals surface area contributed by atoms with Crippen molar-refractivity contribution in [1.29, 1.82) is 0 Å². The Bertz CT molecular complexity index is 1030. The lowest BCUT2D eigenvalue weighted by Crippen LogP contribution is -2.30. The Labute approximate surface area is 174 Å². The predicted molar refractivity (Wildman–Crippen MR) is 109 cm³/mol. The van der Waals surface area contributed by atoms with Crippen LogP contribution >= 0.6 is 0 Å². The first kappa shape index (κ1) is 20.0. The van der Waals surface area contributed by atoms with E-state index in [9.17, 15) is 4.79 Å². The second-order valence-corrected chi connectivity index (χ2v) is 7.27. The summed E-state index contributed by atoms with van der Waals surface area (Å²) in [6, 6.07) is 8.92. The molecule has 0 aliphatic carbocycles. The number of carbonyl (C=O) groups excluding carboxylic acids is 1. The van der Waals surface area contributed by atoms with Gasteiger partial charge >= 0.3 is 0 Å². The van der Waals surface area contributed by atoms with E-state index in [0.717, 1.165) is 42.7 Å². The van der Waals surface area contributed by atoms with E-state index in [-0.39, 0.29) is 17.6 Å². The molecule has 0 saturated carbocycles. The molecule has 1 atom stereocenters. The highest BCUT2D eigenvalue weighted by Crippen LogP contribution is 2.35. The lowest BCUT2D eigenvalue weighted by Gasteiger charge is -2.21. The molecule has 3 aromatic rings. The van der Waals surface area contributed by atoms with Crippen molar-refractivity contribution >= 4 is 5.91 Å². The third-order valence-corrected chi connectivity index (χ3v) is 5.33. The summed E-state index contributed by atoms with van der Waals surface area (Å²) in [7, 11) is 3.15. The summed E-state index contributed by atoms with van der Waals surface area (Å²) in [5.74, 6) is 2.36. The van der Waals surface area contributed by atoms with Crippen LogP contribution in [0.3, 0.4) is 0 Å². The highest BCUT2D eigenvalue weighted by Gasteiger charge is 2.34. The van der Waals surface area contributed by atoms with Gasteiger partial charge in [0.05, 0.1) is 20.3 Å². The molecule has 1 aliphatic heterocycles. The van der Waals surface area contributed by atoms with Gasteiger partial charge in [0.15, 0.2) is 23.0 Å². The number of rotatable bonds is 7. The molecule has 3 heterocycles. The molecule has 1 aliphatic rings. The van der Waals surface area contributed by atoms with Crippen LogP contribution in [-0.2, 0) is 6.42 Å². The van der Waals surface area contributed by atoms with Crippen LogP contribution < -0.4 is 9.47 Å². The van der Waals surface area contributed by atoms with Crippen molar-refractivity contribution in [2.75, 3.05) is 20.8 Å². The smallest absolute Gasteiger partial charge is 0.276 e. The first-order valence-electron chi connectivity index (χ1n) is 10.1. The second-order valence-electron chi connectivity index (χ2n) is 7.27. The number of aromatic nitrogens is 2. The van der Waals surface area contributed by atoms with Crippen LogP contribution in [0, 0.1) is 0 Å². The maximum atomic E-state index is 13.1. The van der Waals surface area contributed by atoms with Gasteiger partial charge in [-0.1, -0.05) is 17.2 Å². The molecule has 8 heteroatoms. The Hall–Kier alpha value is -3.29. The molecular formula is C22H25N3O5. The monoisotopic (exact) mass is 411 g/mol. The highest BCUT2D eigenvalue weighted by molar-refractivity contribution is 5.93. The lowest BCUT2D eigenvalue weighted by molar-refractivity contribution is 0.0720. The number of hydrogen-bond acceptors (Lipinski definition) is 7.